The third-order valence-electron chi connectivity index (χ3n) is 5.86. The number of carbonyl (C=O) groups excluding carboxylic acids is 2. The second-order valence-corrected chi connectivity index (χ2v) is 9.45. The van der Waals surface area contributed by atoms with E-state index in [1.807, 2.05) is 25.1 Å². The fourth-order valence-electron chi connectivity index (χ4n) is 4.15. The van der Waals surface area contributed by atoms with Crippen molar-refractivity contribution in [1.82, 2.24) is 4.98 Å². The van der Waals surface area contributed by atoms with Gasteiger partial charge in [-0.15, -0.1) is 0 Å². The Morgan fingerprint density at radius 2 is 1.75 bits per heavy atom. The number of amides is 1. The van der Waals surface area contributed by atoms with Crippen LogP contribution in [0.2, 0.25) is 5.02 Å². The number of fused-ring (bicyclic) bond motifs is 1. The van der Waals surface area contributed by atoms with E-state index in [0.29, 0.717) is 44.9 Å². The molecule has 0 bridgehead atoms. The lowest BCUT2D eigenvalue weighted by Crippen LogP contribution is -2.29. The molecule has 1 aromatic heterocycles. The Bertz CT molecular complexity index is 1500. The Kier molecular flexibility index (Phi) is 6.38. The van der Waals surface area contributed by atoms with E-state index in [4.69, 9.17) is 21.1 Å². The highest BCUT2D eigenvalue weighted by molar-refractivity contribution is 7.22. The average Bonchev–Trinajstić information content (AvgIpc) is 3.42. The number of hydrogen-bond acceptors (Lipinski definition) is 7. The average molecular weight is 521 g/mol. The van der Waals surface area contributed by atoms with Crippen molar-refractivity contribution in [3.63, 3.8) is 0 Å². The van der Waals surface area contributed by atoms with Gasteiger partial charge in [0.25, 0.3) is 5.78 Å². The van der Waals surface area contributed by atoms with Gasteiger partial charge in [-0.3, -0.25) is 14.5 Å². The summed E-state index contributed by atoms with van der Waals surface area (Å²) in [6, 6.07) is 18.0. The summed E-state index contributed by atoms with van der Waals surface area (Å²) in [7, 11) is 1.55. The van der Waals surface area contributed by atoms with Crippen LogP contribution in [-0.4, -0.2) is 35.5 Å². The molecule has 1 atom stereocenters. The lowest BCUT2D eigenvalue weighted by Gasteiger charge is -2.23. The largest absolute Gasteiger partial charge is 0.507 e. The number of ketones is 1. The van der Waals surface area contributed by atoms with E-state index >= 15 is 0 Å². The van der Waals surface area contributed by atoms with Gasteiger partial charge in [0.1, 0.15) is 17.3 Å². The minimum absolute atomic E-state index is 0.0262. The molecule has 4 aromatic rings. The third kappa shape index (κ3) is 4.19. The zero-order chi connectivity index (χ0) is 25.4. The Morgan fingerprint density at radius 1 is 1.06 bits per heavy atom. The summed E-state index contributed by atoms with van der Waals surface area (Å²) < 4.78 is 11.7. The second-order valence-electron chi connectivity index (χ2n) is 8.01. The lowest BCUT2D eigenvalue weighted by molar-refractivity contribution is -0.132. The molecule has 1 unspecified atom stereocenters. The van der Waals surface area contributed by atoms with Crippen molar-refractivity contribution in [2.45, 2.75) is 13.0 Å². The van der Waals surface area contributed by atoms with Crippen molar-refractivity contribution in [2.24, 2.45) is 0 Å². The predicted molar refractivity (Wildman–Crippen MR) is 140 cm³/mol. The zero-order valence-electron chi connectivity index (χ0n) is 19.4. The van der Waals surface area contributed by atoms with Crippen LogP contribution < -0.4 is 14.4 Å². The SMILES string of the molecule is CCOc1ccc2nc(N3C(=O)C(=O)C(=C(O)c4ccc(Cl)cc4)C3c3ccc(OC)cc3)sc2c1. The van der Waals surface area contributed by atoms with Crippen molar-refractivity contribution in [3.8, 4) is 11.5 Å². The number of aromatic nitrogens is 1. The van der Waals surface area contributed by atoms with Gasteiger partial charge in [-0.2, -0.15) is 0 Å². The zero-order valence-corrected chi connectivity index (χ0v) is 21.0. The third-order valence-corrected chi connectivity index (χ3v) is 7.13. The van der Waals surface area contributed by atoms with Crippen molar-refractivity contribution < 1.29 is 24.2 Å². The molecular weight excluding hydrogens is 500 g/mol. The van der Waals surface area contributed by atoms with E-state index in [-0.39, 0.29) is 11.3 Å². The molecule has 1 N–H and O–H groups in total. The van der Waals surface area contributed by atoms with E-state index in [2.05, 4.69) is 4.98 Å². The number of nitrogens with zero attached hydrogens (tertiary/aromatic N) is 2. The number of benzene rings is 3. The molecule has 0 saturated carbocycles. The van der Waals surface area contributed by atoms with E-state index in [1.54, 1.807) is 55.6 Å². The number of rotatable bonds is 6. The molecule has 1 fully saturated rings. The molecule has 0 aliphatic carbocycles. The van der Waals surface area contributed by atoms with E-state index in [0.717, 1.165) is 4.70 Å². The summed E-state index contributed by atoms with van der Waals surface area (Å²) in [5.74, 6) is -0.533. The van der Waals surface area contributed by atoms with Gasteiger partial charge in [0.15, 0.2) is 5.13 Å². The van der Waals surface area contributed by atoms with E-state index < -0.39 is 17.7 Å². The predicted octanol–water partition coefficient (Wildman–Crippen LogP) is 5.98. The number of methoxy groups -OCH3 is 1. The summed E-state index contributed by atoms with van der Waals surface area (Å²) in [4.78, 5) is 32.7. The first-order valence-corrected chi connectivity index (χ1v) is 12.3. The fraction of sp³-hybridized carbons (Fsp3) is 0.148. The van der Waals surface area contributed by atoms with Crippen molar-refractivity contribution in [3.05, 3.63) is 88.5 Å². The smallest absolute Gasteiger partial charge is 0.301 e. The number of Topliss-reactive ketones (excluding diaryl/α,β-unsaturated/α-hetero) is 1. The Balaban J connectivity index is 1.68. The molecule has 7 nitrogen and oxygen atoms in total. The van der Waals surface area contributed by atoms with Crippen LogP contribution in [-0.2, 0) is 9.59 Å². The molecule has 1 aliphatic heterocycles. The van der Waals surface area contributed by atoms with Gasteiger partial charge in [-0.25, -0.2) is 4.98 Å². The highest BCUT2D eigenvalue weighted by Gasteiger charge is 2.48. The first-order chi connectivity index (χ1) is 17.4. The van der Waals surface area contributed by atoms with Gasteiger partial charge in [0.2, 0.25) is 0 Å². The van der Waals surface area contributed by atoms with Gasteiger partial charge in [0, 0.05) is 10.6 Å². The van der Waals surface area contributed by atoms with Gasteiger partial charge < -0.3 is 14.6 Å². The van der Waals surface area contributed by atoms with E-state index in [1.165, 1.54) is 16.2 Å². The molecule has 36 heavy (non-hydrogen) atoms. The van der Waals surface area contributed by atoms with Gasteiger partial charge in [0.05, 0.1) is 35.5 Å². The Labute approximate surface area is 216 Å². The molecule has 2 heterocycles. The monoisotopic (exact) mass is 520 g/mol. The summed E-state index contributed by atoms with van der Waals surface area (Å²) in [6.07, 6.45) is 0. The van der Waals surface area contributed by atoms with Crippen LogP contribution in [0.15, 0.2) is 72.3 Å². The molecule has 182 valence electrons. The summed E-state index contributed by atoms with van der Waals surface area (Å²) in [6.45, 7) is 2.42. The maximum Gasteiger partial charge on any atom is 0.301 e. The van der Waals surface area contributed by atoms with Gasteiger partial charge in [-0.05, 0) is 67.1 Å². The van der Waals surface area contributed by atoms with E-state index in [9.17, 15) is 14.7 Å². The van der Waals surface area contributed by atoms with Crippen molar-refractivity contribution >= 4 is 55.7 Å². The van der Waals surface area contributed by atoms with Crippen LogP contribution in [0.4, 0.5) is 5.13 Å². The molecule has 0 spiro atoms. The Hall–Kier alpha value is -3.88. The van der Waals surface area contributed by atoms with Crippen LogP contribution in [0.3, 0.4) is 0 Å². The summed E-state index contributed by atoms with van der Waals surface area (Å²) in [5, 5.41) is 12.0. The molecule has 1 saturated heterocycles. The maximum atomic E-state index is 13.4. The number of thiazole rings is 1. The van der Waals surface area contributed by atoms with Crippen molar-refractivity contribution in [1.29, 1.82) is 0 Å². The number of ether oxygens (including phenoxy) is 2. The number of anilines is 1. The minimum atomic E-state index is -0.890. The molecule has 5 rings (SSSR count). The number of carbonyl (C=O) groups is 2. The summed E-state index contributed by atoms with van der Waals surface area (Å²) in [5.41, 5.74) is 1.65. The fourth-order valence-corrected chi connectivity index (χ4v) is 5.29. The summed E-state index contributed by atoms with van der Waals surface area (Å²) >= 11 is 7.27. The highest BCUT2D eigenvalue weighted by Crippen LogP contribution is 2.45. The molecule has 9 heteroatoms. The maximum absolute atomic E-state index is 13.4. The molecular formula is C27H21ClN2O5S. The molecule has 3 aromatic carbocycles. The first-order valence-electron chi connectivity index (χ1n) is 11.2. The number of hydrogen-bond donors (Lipinski definition) is 1. The Morgan fingerprint density at radius 3 is 2.42 bits per heavy atom. The number of aliphatic hydroxyl groups is 1. The van der Waals surface area contributed by atoms with Gasteiger partial charge in [-0.1, -0.05) is 35.1 Å². The number of aliphatic hydroxyl groups excluding tert-OH is 1. The standard InChI is InChI=1S/C27H21ClN2O5S/c1-3-35-19-12-13-20-21(14-19)36-27(29-20)30-23(15-6-10-18(34-2)11-7-15)22(25(32)26(30)33)24(31)16-4-8-17(28)9-5-16/h4-14,23,31H,3H2,1-2H3. The molecule has 1 amide bonds. The normalized spacial score (nSPS) is 17.1. The van der Waals surface area contributed by atoms with Crippen molar-refractivity contribution in [2.75, 3.05) is 18.6 Å². The quantitative estimate of drug-likeness (QED) is 0.191. The first kappa shape index (κ1) is 23.8. The van der Waals surface area contributed by atoms with Crippen LogP contribution in [0.5, 0.6) is 11.5 Å². The second kappa shape index (κ2) is 9.64. The molecule has 0 radical (unpaired) electrons. The lowest BCUT2D eigenvalue weighted by atomic mass is 9.95. The van der Waals surface area contributed by atoms with Crippen LogP contribution in [0.1, 0.15) is 24.1 Å². The topological polar surface area (TPSA) is 89.0 Å². The van der Waals surface area contributed by atoms with Gasteiger partial charge >= 0.3 is 5.91 Å². The highest BCUT2D eigenvalue weighted by atomic mass is 35.5. The molecule has 1 aliphatic rings. The minimum Gasteiger partial charge on any atom is -0.507 e. The van der Waals surface area contributed by atoms with Crippen LogP contribution in [0.25, 0.3) is 16.0 Å². The van der Waals surface area contributed by atoms with Crippen LogP contribution >= 0.6 is 22.9 Å². The van der Waals surface area contributed by atoms with Crippen LogP contribution in [0, 0.1) is 0 Å². The number of halogens is 1.